The number of nitrogens with zero attached hydrogens (tertiary/aromatic N) is 4. The molecule has 0 amide bonds. The summed E-state index contributed by atoms with van der Waals surface area (Å²) in [4.78, 5) is 8.05. The molecule has 6 heteroatoms. The second-order valence-corrected chi connectivity index (χ2v) is 2.63. The molecule has 2 aromatic heterocycles. The monoisotopic (exact) mass is 179 g/mol. The van der Waals surface area contributed by atoms with Crippen LogP contribution in [0.5, 0.6) is 6.01 Å². The third-order valence-electron chi connectivity index (χ3n) is 1.71. The van der Waals surface area contributed by atoms with Gasteiger partial charge in [0.25, 0.3) is 0 Å². The number of aromatic nitrogens is 4. The van der Waals surface area contributed by atoms with E-state index in [4.69, 9.17) is 10.5 Å². The number of nitrogen functional groups attached to an aromatic ring is 1. The molecule has 2 heterocycles. The molecule has 2 N–H and O–H groups in total. The van der Waals surface area contributed by atoms with E-state index in [-0.39, 0.29) is 5.95 Å². The number of methoxy groups -OCH3 is 1. The summed E-state index contributed by atoms with van der Waals surface area (Å²) >= 11 is 0. The first kappa shape index (κ1) is 7.78. The van der Waals surface area contributed by atoms with E-state index in [1.54, 1.807) is 6.20 Å². The number of anilines is 1. The summed E-state index contributed by atoms with van der Waals surface area (Å²) in [5.41, 5.74) is 7.03. The van der Waals surface area contributed by atoms with Crippen LogP contribution in [0.15, 0.2) is 6.20 Å². The Morgan fingerprint density at radius 2 is 2.31 bits per heavy atom. The number of hydrogen-bond donors (Lipinski definition) is 1. The van der Waals surface area contributed by atoms with Gasteiger partial charge in [0, 0.05) is 11.8 Å². The molecule has 0 saturated carbocycles. The Morgan fingerprint density at radius 1 is 1.54 bits per heavy atom. The van der Waals surface area contributed by atoms with Gasteiger partial charge in [-0.3, -0.25) is 0 Å². The van der Waals surface area contributed by atoms with Crippen LogP contribution < -0.4 is 10.5 Å². The van der Waals surface area contributed by atoms with Gasteiger partial charge >= 0.3 is 6.01 Å². The van der Waals surface area contributed by atoms with Gasteiger partial charge in [0.2, 0.25) is 5.95 Å². The molecule has 0 spiro atoms. The zero-order valence-electron chi connectivity index (χ0n) is 7.35. The quantitative estimate of drug-likeness (QED) is 0.667. The van der Waals surface area contributed by atoms with Crippen LogP contribution in [-0.2, 0) is 0 Å². The van der Waals surface area contributed by atoms with Crippen LogP contribution in [0.4, 0.5) is 5.95 Å². The van der Waals surface area contributed by atoms with Crippen LogP contribution in [-0.4, -0.2) is 26.7 Å². The van der Waals surface area contributed by atoms with Crippen molar-refractivity contribution in [1.29, 1.82) is 0 Å². The molecule has 13 heavy (non-hydrogen) atoms. The topological polar surface area (TPSA) is 78.3 Å². The number of hydrogen-bond acceptors (Lipinski definition) is 5. The van der Waals surface area contributed by atoms with Crippen molar-refractivity contribution < 1.29 is 4.74 Å². The largest absolute Gasteiger partial charge is 0.467 e. The van der Waals surface area contributed by atoms with Crippen molar-refractivity contribution in [3.8, 4) is 6.01 Å². The maximum absolute atomic E-state index is 5.46. The lowest BCUT2D eigenvalue weighted by Crippen LogP contribution is -2.00. The fourth-order valence-corrected chi connectivity index (χ4v) is 1.12. The molecule has 6 nitrogen and oxygen atoms in total. The van der Waals surface area contributed by atoms with Crippen LogP contribution in [0.2, 0.25) is 0 Å². The first-order chi connectivity index (χ1) is 6.22. The van der Waals surface area contributed by atoms with Gasteiger partial charge in [0.05, 0.1) is 7.11 Å². The smallest absolute Gasteiger partial charge is 0.319 e. The van der Waals surface area contributed by atoms with Crippen molar-refractivity contribution in [1.82, 2.24) is 19.6 Å². The molecule has 0 atom stereocenters. The van der Waals surface area contributed by atoms with E-state index in [2.05, 4.69) is 15.1 Å². The zero-order valence-corrected chi connectivity index (χ0v) is 7.35. The molecule has 0 aliphatic carbocycles. The Labute approximate surface area is 74.4 Å². The molecular weight excluding hydrogens is 170 g/mol. The van der Waals surface area contributed by atoms with Gasteiger partial charge in [-0.25, -0.2) is 4.98 Å². The first-order valence-corrected chi connectivity index (χ1v) is 3.74. The van der Waals surface area contributed by atoms with Crippen molar-refractivity contribution in [3.05, 3.63) is 11.8 Å². The second kappa shape index (κ2) is 2.58. The van der Waals surface area contributed by atoms with Crippen molar-refractivity contribution in [2.45, 2.75) is 6.92 Å². The van der Waals surface area contributed by atoms with Gasteiger partial charge in [0.15, 0.2) is 5.65 Å². The van der Waals surface area contributed by atoms with Crippen LogP contribution in [0.1, 0.15) is 5.56 Å². The van der Waals surface area contributed by atoms with Crippen molar-refractivity contribution >= 4 is 11.6 Å². The average molecular weight is 179 g/mol. The number of ether oxygens (including phenoxy) is 1. The molecule has 2 rings (SSSR count). The SMILES string of the molecule is COc1ncc(C)c2nc(N)nn12. The molecule has 0 fully saturated rings. The number of aryl methyl sites for hydroxylation is 1. The summed E-state index contributed by atoms with van der Waals surface area (Å²) in [5, 5.41) is 3.94. The van der Waals surface area contributed by atoms with Gasteiger partial charge < -0.3 is 10.5 Å². The summed E-state index contributed by atoms with van der Waals surface area (Å²) in [5.74, 6) is 0.217. The van der Waals surface area contributed by atoms with E-state index >= 15 is 0 Å². The van der Waals surface area contributed by atoms with Gasteiger partial charge in [-0.1, -0.05) is 0 Å². The van der Waals surface area contributed by atoms with Crippen molar-refractivity contribution in [3.63, 3.8) is 0 Å². The van der Waals surface area contributed by atoms with E-state index in [1.807, 2.05) is 6.92 Å². The number of fused-ring (bicyclic) bond motifs is 1. The lowest BCUT2D eigenvalue weighted by molar-refractivity contribution is 0.367. The average Bonchev–Trinajstić information content (AvgIpc) is 2.48. The maximum atomic E-state index is 5.46. The predicted molar refractivity (Wildman–Crippen MR) is 46.5 cm³/mol. The fourth-order valence-electron chi connectivity index (χ4n) is 1.12. The van der Waals surface area contributed by atoms with Crippen molar-refractivity contribution in [2.24, 2.45) is 0 Å². The highest BCUT2D eigenvalue weighted by Gasteiger charge is 2.08. The molecule has 0 radical (unpaired) electrons. The van der Waals surface area contributed by atoms with Crippen LogP contribution in [0.3, 0.4) is 0 Å². The highest BCUT2D eigenvalue weighted by Crippen LogP contribution is 2.13. The highest BCUT2D eigenvalue weighted by molar-refractivity contribution is 5.49. The first-order valence-electron chi connectivity index (χ1n) is 3.74. The summed E-state index contributed by atoms with van der Waals surface area (Å²) in [6.45, 7) is 1.88. The fraction of sp³-hybridized carbons (Fsp3) is 0.286. The summed E-state index contributed by atoms with van der Waals surface area (Å²) in [7, 11) is 1.52. The van der Waals surface area contributed by atoms with Gasteiger partial charge in [-0.05, 0) is 6.92 Å². The normalized spacial score (nSPS) is 10.6. The van der Waals surface area contributed by atoms with E-state index in [9.17, 15) is 0 Å². The summed E-state index contributed by atoms with van der Waals surface area (Å²) in [6, 6.07) is 0.379. The van der Waals surface area contributed by atoms with E-state index < -0.39 is 0 Å². The third-order valence-corrected chi connectivity index (χ3v) is 1.71. The molecular formula is C7H9N5O. The minimum Gasteiger partial charge on any atom is -0.467 e. The Balaban J connectivity index is 2.83. The van der Waals surface area contributed by atoms with Crippen LogP contribution >= 0.6 is 0 Å². The lowest BCUT2D eigenvalue weighted by atomic mass is 10.4. The second-order valence-electron chi connectivity index (χ2n) is 2.63. The molecule has 68 valence electrons. The van der Waals surface area contributed by atoms with E-state index in [1.165, 1.54) is 11.6 Å². The molecule has 0 bridgehead atoms. The van der Waals surface area contributed by atoms with E-state index in [0.29, 0.717) is 11.7 Å². The van der Waals surface area contributed by atoms with Crippen LogP contribution in [0.25, 0.3) is 5.65 Å². The van der Waals surface area contributed by atoms with E-state index in [0.717, 1.165) is 5.56 Å². The summed E-state index contributed by atoms with van der Waals surface area (Å²) < 4.78 is 6.47. The Hall–Kier alpha value is -1.85. The number of rotatable bonds is 1. The molecule has 0 aromatic carbocycles. The summed E-state index contributed by atoms with van der Waals surface area (Å²) in [6.07, 6.45) is 1.67. The highest BCUT2D eigenvalue weighted by atomic mass is 16.5. The third kappa shape index (κ3) is 1.07. The van der Waals surface area contributed by atoms with Crippen molar-refractivity contribution in [2.75, 3.05) is 12.8 Å². The zero-order chi connectivity index (χ0) is 9.42. The maximum Gasteiger partial charge on any atom is 0.319 e. The Morgan fingerprint density at radius 3 is 3.00 bits per heavy atom. The lowest BCUT2D eigenvalue weighted by Gasteiger charge is -2.00. The molecule has 0 aliphatic heterocycles. The van der Waals surface area contributed by atoms with Gasteiger partial charge in [0.1, 0.15) is 0 Å². The molecule has 0 aliphatic rings. The number of nitrogens with two attached hydrogens (primary N) is 1. The standard InChI is InChI=1S/C7H9N5O/c1-4-3-9-7(13-2)12-5(4)10-6(8)11-12/h3H,1-2H3,(H2,8,11). The Bertz CT molecular complexity index is 449. The van der Waals surface area contributed by atoms with Crippen LogP contribution in [0, 0.1) is 6.92 Å². The predicted octanol–water partition coefficient (Wildman–Crippen LogP) is 0.0235. The minimum absolute atomic E-state index is 0.217. The van der Waals surface area contributed by atoms with Gasteiger partial charge in [-0.2, -0.15) is 9.50 Å². The van der Waals surface area contributed by atoms with Gasteiger partial charge in [-0.15, -0.1) is 5.10 Å². The molecule has 0 unspecified atom stereocenters. The molecule has 0 saturated heterocycles. The minimum atomic E-state index is 0.217. The Kier molecular flexibility index (Phi) is 1.54. The molecule has 2 aromatic rings.